The number of rotatable bonds is 6. The first-order chi connectivity index (χ1) is 11.1. The second-order valence-electron chi connectivity index (χ2n) is 4.80. The maximum absolute atomic E-state index is 12.4. The van der Waals surface area contributed by atoms with Crippen LogP contribution in [0.5, 0.6) is 5.75 Å². The lowest BCUT2D eigenvalue weighted by atomic mass is 10.3. The van der Waals surface area contributed by atoms with Gasteiger partial charge < -0.3 is 20.1 Å². The molecule has 0 atom stereocenters. The van der Waals surface area contributed by atoms with Crippen molar-refractivity contribution in [1.29, 1.82) is 0 Å². The zero-order valence-corrected chi connectivity index (χ0v) is 13.8. The molecule has 0 aliphatic carbocycles. The minimum Gasteiger partial charge on any atom is -0.494 e. The minimum absolute atomic E-state index is 0.0378. The summed E-state index contributed by atoms with van der Waals surface area (Å²) in [5.41, 5.74) is 9.18. The molecular formula is C15H20N4O3S. The number of nitrogens with one attached hydrogen (secondary N) is 1. The quantitative estimate of drug-likeness (QED) is 0.458. The Morgan fingerprint density at radius 1 is 1.39 bits per heavy atom. The second-order valence-corrected chi connectivity index (χ2v) is 5.24. The minimum atomic E-state index is -0.292. The van der Waals surface area contributed by atoms with Crippen LogP contribution < -0.4 is 15.9 Å². The predicted octanol–water partition coefficient (Wildman–Crippen LogP) is 0.998. The van der Waals surface area contributed by atoms with Crippen molar-refractivity contribution in [2.24, 2.45) is 10.8 Å². The van der Waals surface area contributed by atoms with Crippen molar-refractivity contribution in [2.45, 2.75) is 6.92 Å². The predicted molar refractivity (Wildman–Crippen MR) is 92.9 cm³/mol. The molecule has 0 saturated carbocycles. The van der Waals surface area contributed by atoms with Gasteiger partial charge in [0.1, 0.15) is 10.7 Å². The molecule has 0 aromatic heterocycles. The highest BCUT2D eigenvalue weighted by Gasteiger charge is 2.23. The van der Waals surface area contributed by atoms with Crippen LogP contribution >= 0.6 is 12.2 Å². The molecule has 2 rings (SSSR count). The number of nitrogens with two attached hydrogens (primary N) is 1. The van der Waals surface area contributed by atoms with Crippen molar-refractivity contribution in [3.63, 3.8) is 0 Å². The summed E-state index contributed by atoms with van der Waals surface area (Å²) >= 11 is 4.94. The molecule has 7 nitrogen and oxygen atoms in total. The lowest BCUT2D eigenvalue weighted by Gasteiger charge is -2.26. The monoisotopic (exact) mass is 336 g/mol. The Bertz CT molecular complexity index is 583. The zero-order chi connectivity index (χ0) is 16.7. The summed E-state index contributed by atoms with van der Waals surface area (Å²) < 4.78 is 10.6. The summed E-state index contributed by atoms with van der Waals surface area (Å²) in [6.45, 7) is 4.53. The number of benzene rings is 1. The van der Waals surface area contributed by atoms with E-state index in [1.165, 1.54) is 0 Å². The van der Waals surface area contributed by atoms with Crippen molar-refractivity contribution < 1.29 is 14.3 Å². The van der Waals surface area contributed by atoms with E-state index in [4.69, 9.17) is 27.4 Å². The molecule has 0 unspecified atom stereocenters. The Morgan fingerprint density at radius 3 is 2.61 bits per heavy atom. The van der Waals surface area contributed by atoms with Gasteiger partial charge in [-0.1, -0.05) is 12.2 Å². The Morgan fingerprint density at radius 2 is 2.04 bits per heavy atom. The molecule has 0 radical (unpaired) electrons. The molecule has 1 saturated heterocycles. The molecule has 1 aliphatic rings. The first kappa shape index (κ1) is 17.2. The number of amides is 1. The van der Waals surface area contributed by atoms with Crippen molar-refractivity contribution in [2.75, 3.05) is 38.3 Å². The topological polar surface area (TPSA) is 89.2 Å². The fourth-order valence-corrected chi connectivity index (χ4v) is 2.17. The van der Waals surface area contributed by atoms with E-state index in [9.17, 15) is 4.79 Å². The van der Waals surface area contributed by atoms with E-state index in [2.05, 4.69) is 10.5 Å². The van der Waals surface area contributed by atoms with Crippen LogP contribution in [0.1, 0.15) is 6.92 Å². The Labute approximate surface area is 140 Å². The number of hydrogen-bond donors (Lipinski definition) is 2. The van der Waals surface area contributed by atoms with Gasteiger partial charge in [0.15, 0.2) is 5.71 Å². The van der Waals surface area contributed by atoms with Crippen LogP contribution in [0.4, 0.5) is 5.69 Å². The van der Waals surface area contributed by atoms with Crippen LogP contribution in [0.2, 0.25) is 0 Å². The summed E-state index contributed by atoms with van der Waals surface area (Å²) in [6.07, 6.45) is 0. The first-order valence-electron chi connectivity index (χ1n) is 7.35. The Kier molecular flexibility index (Phi) is 6.30. The van der Waals surface area contributed by atoms with Gasteiger partial charge in [0.2, 0.25) is 0 Å². The summed E-state index contributed by atoms with van der Waals surface area (Å²) in [7, 11) is 0. The zero-order valence-electron chi connectivity index (χ0n) is 12.9. The normalized spacial score (nSPS) is 15.2. The highest BCUT2D eigenvalue weighted by molar-refractivity contribution is 7.82. The van der Waals surface area contributed by atoms with Gasteiger partial charge >= 0.3 is 0 Å². The number of carbonyl (C=O) groups is 1. The lowest BCUT2D eigenvalue weighted by molar-refractivity contribution is -0.127. The maximum atomic E-state index is 12.4. The molecule has 23 heavy (non-hydrogen) atoms. The largest absolute Gasteiger partial charge is 0.494 e. The van der Waals surface area contributed by atoms with Gasteiger partial charge in [-0.15, -0.1) is 0 Å². The fourth-order valence-electron chi connectivity index (χ4n) is 2.04. The molecule has 1 aromatic carbocycles. The molecule has 0 spiro atoms. The smallest absolute Gasteiger partial charge is 0.277 e. The lowest BCUT2D eigenvalue weighted by Crippen LogP contribution is -2.47. The van der Waals surface area contributed by atoms with Gasteiger partial charge in [-0.3, -0.25) is 10.2 Å². The SMILES string of the molecule is CCOc1ccc(N/N=C(\C(=O)N2CCOCC2)C(N)=S)cc1. The fraction of sp³-hybridized carbons (Fsp3) is 0.400. The number of ether oxygens (including phenoxy) is 2. The maximum Gasteiger partial charge on any atom is 0.277 e. The Balaban J connectivity index is 2.06. The Hall–Kier alpha value is -2.19. The van der Waals surface area contributed by atoms with Crippen LogP contribution in [0.15, 0.2) is 29.4 Å². The summed E-state index contributed by atoms with van der Waals surface area (Å²) in [5.74, 6) is 0.472. The summed E-state index contributed by atoms with van der Waals surface area (Å²) in [5, 5.41) is 4.07. The van der Waals surface area contributed by atoms with Crippen LogP contribution in [0.3, 0.4) is 0 Å². The number of thiocarbonyl (C=S) groups is 1. The first-order valence-corrected chi connectivity index (χ1v) is 7.76. The summed E-state index contributed by atoms with van der Waals surface area (Å²) in [6, 6.07) is 7.22. The van der Waals surface area contributed by atoms with Gasteiger partial charge in [0, 0.05) is 13.1 Å². The third-order valence-corrected chi connectivity index (χ3v) is 3.39. The number of morpholine rings is 1. The van der Waals surface area contributed by atoms with Gasteiger partial charge in [-0.2, -0.15) is 5.10 Å². The van der Waals surface area contributed by atoms with Crippen molar-refractivity contribution in [3.05, 3.63) is 24.3 Å². The molecule has 1 fully saturated rings. The van der Waals surface area contributed by atoms with Gasteiger partial charge in [0.25, 0.3) is 5.91 Å². The van der Waals surface area contributed by atoms with E-state index in [1.54, 1.807) is 17.0 Å². The number of carbonyl (C=O) groups excluding carboxylic acids is 1. The average Bonchev–Trinajstić information content (AvgIpc) is 2.57. The van der Waals surface area contributed by atoms with Crippen molar-refractivity contribution in [1.82, 2.24) is 4.90 Å². The average molecular weight is 336 g/mol. The number of hydrazone groups is 1. The van der Waals surface area contributed by atoms with E-state index in [0.717, 1.165) is 5.75 Å². The molecule has 1 heterocycles. The highest BCUT2D eigenvalue weighted by atomic mass is 32.1. The molecule has 1 amide bonds. The van der Waals surface area contributed by atoms with E-state index in [-0.39, 0.29) is 16.6 Å². The van der Waals surface area contributed by atoms with Crippen LogP contribution in [-0.2, 0) is 9.53 Å². The van der Waals surface area contributed by atoms with E-state index in [1.807, 2.05) is 19.1 Å². The highest BCUT2D eigenvalue weighted by Crippen LogP contribution is 2.15. The van der Waals surface area contributed by atoms with Crippen LogP contribution in [0.25, 0.3) is 0 Å². The van der Waals surface area contributed by atoms with Crippen molar-refractivity contribution in [3.8, 4) is 5.75 Å². The summed E-state index contributed by atoms with van der Waals surface area (Å²) in [4.78, 5) is 14.0. The van der Waals surface area contributed by atoms with E-state index < -0.39 is 0 Å². The van der Waals surface area contributed by atoms with E-state index in [0.29, 0.717) is 38.6 Å². The molecular weight excluding hydrogens is 316 g/mol. The molecule has 8 heteroatoms. The second kappa shape index (κ2) is 8.44. The molecule has 3 N–H and O–H groups in total. The van der Waals surface area contributed by atoms with Gasteiger partial charge in [-0.05, 0) is 31.2 Å². The third-order valence-electron chi connectivity index (χ3n) is 3.20. The van der Waals surface area contributed by atoms with Crippen molar-refractivity contribution >= 4 is 34.5 Å². The number of hydrogen-bond acceptors (Lipinski definition) is 6. The molecule has 124 valence electrons. The van der Waals surface area contributed by atoms with Gasteiger partial charge in [-0.25, -0.2) is 0 Å². The number of anilines is 1. The van der Waals surface area contributed by atoms with Crippen LogP contribution in [0, 0.1) is 0 Å². The molecule has 1 aromatic rings. The standard InChI is InChI=1S/C15H20N4O3S/c1-2-22-12-5-3-11(4-6-12)17-18-13(14(16)23)15(20)19-7-9-21-10-8-19/h3-6,17H,2,7-10H2,1H3,(H2,16,23)/b18-13-. The van der Waals surface area contributed by atoms with Gasteiger partial charge in [0.05, 0.1) is 25.5 Å². The number of nitrogens with zero attached hydrogens (tertiary/aromatic N) is 2. The third kappa shape index (κ3) is 4.90. The van der Waals surface area contributed by atoms with E-state index >= 15 is 0 Å². The molecule has 1 aliphatic heterocycles. The molecule has 0 bridgehead atoms. The van der Waals surface area contributed by atoms with Crippen LogP contribution in [-0.4, -0.2) is 54.4 Å².